The molecule has 0 saturated carbocycles. The molecule has 1 atom stereocenters. The second-order valence-corrected chi connectivity index (χ2v) is 6.61. The van der Waals surface area contributed by atoms with Gasteiger partial charge in [-0.25, -0.2) is 9.78 Å². The molecule has 0 aromatic carbocycles. The highest BCUT2D eigenvalue weighted by Gasteiger charge is 2.22. The van der Waals surface area contributed by atoms with Gasteiger partial charge in [-0.2, -0.15) is 0 Å². The third-order valence-electron chi connectivity index (χ3n) is 3.84. The first-order chi connectivity index (χ1) is 11.0. The van der Waals surface area contributed by atoms with Crippen LogP contribution in [0.1, 0.15) is 53.8 Å². The maximum atomic E-state index is 12.3. The molecule has 0 aliphatic rings. The molecule has 2 heterocycles. The maximum absolute atomic E-state index is 12.3. The van der Waals surface area contributed by atoms with E-state index >= 15 is 0 Å². The van der Waals surface area contributed by atoms with Gasteiger partial charge in [0.1, 0.15) is 0 Å². The molecule has 7 heteroatoms. The molecule has 1 unspecified atom stereocenters. The van der Waals surface area contributed by atoms with Gasteiger partial charge in [-0.05, 0) is 26.7 Å². The van der Waals surface area contributed by atoms with Gasteiger partial charge in [0.25, 0.3) is 0 Å². The fourth-order valence-electron chi connectivity index (χ4n) is 2.25. The fourth-order valence-corrected chi connectivity index (χ4v) is 3.35. The Hall–Kier alpha value is -1.89. The fraction of sp³-hybridized carbons (Fsp3) is 0.562. The average molecular weight is 336 g/mol. The van der Waals surface area contributed by atoms with Gasteiger partial charge in [0.2, 0.25) is 0 Å². The van der Waals surface area contributed by atoms with Crippen molar-refractivity contribution in [1.29, 1.82) is 0 Å². The van der Waals surface area contributed by atoms with Crippen molar-refractivity contribution in [2.45, 2.75) is 53.1 Å². The summed E-state index contributed by atoms with van der Waals surface area (Å²) in [5.41, 5.74) is 1.89. The van der Waals surface area contributed by atoms with Gasteiger partial charge in [-0.3, -0.25) is 0 Å². The molecule has 2 aromatic rings. The molecule has 2 amide bonds. The molecule has 23 heavy (non-hydrogen) atoms. The van der Waals surface area contributed by atoms with Gasteiger partial charge >= 0.3 is 6.03 Å². The minimum atomic E-state index is -0.141. The second kappa shape index (κ2) is 7.59. The van der Waals surface area contributed by atoms with Crippen LogP contribution < -0.4 is 5.32 Å². The normalized spacial score (nSPS) is 12.2. The number of amides is 2. The van der Waals surface area contributed by atoms with Crippen molar-refractivity contribution in [2.75, 3.05) is 7.05 Å². The van der Waals surface area contributed by atoms with Gasteiger partial charge in [-0.15, -0.1) is 11.3 Å². The lowest BCUT2D eigenvalue weighted by Crippen LogP contribution is -2.38. The third kappa shape index (κ3) is 4.10. The Morgan fingerprint density at radius 3 is 2.74 bits per heavy atom. The number of nitrogens with one attached hydrogen (secondary N) is 1. The van der Waals surface area contributed by atoms with Gasteiger partial charge in [0.05, 0.1) is 29.0 Å². The van der Waals surface area contributed by atoms with E-state index in [2.05, 4.69) is 22.4 Å². The minimum absolute atomic E-state index is 0.0197. The number of nitrogens with zero attached hydrogens (tertiary/aromatic N) is 3. The lowest BCUT2D eigenvalue weighted by atomic mass is 10.2. The van der Waals surface area contributed by atoms with Crippen LogP contribution in [0.5, 0.6) is 0 Å². The van der Waals surface area contributed by atoms with Gasteiger partial charge in [0.15, 0.2) is 5.76 Å². The average Bonchev–Trinajstić information content (AvgIpc) is 3.17. The Labute approximate surface area is 140 Å². The highest BCUT2D eigenvalue weighted by atomic mass is 32.1. The number of hydrogen-bond donors (Lipinski definition) is 1. The maximum Gasteiger partial charge on any atom is 0.318 e. The number of thiazole rings is 1. The quantitative estimate of drug-likeness (QED) is 0.877. The van der Waals surface area contributed by atoms with Gasteiger partial charge in [0, 0.05) is 18.0 Å². The van der Waals surface area contributed by atoms with Gasteiger partial charge in [-0.1, -0.05) is 19.0 Å². The summed E-state index contributed by atoms with van der Waals surface area (Å²) in [7, 11) is 1.79. The number of hydrogen-bond acceptors (Lipinski definition) is 5. The van der Waals surface area contributed by atoms with Crippen molar-refractivity contribution in [3.8, 4) is 0 Å². The highest BCUT2D eigenvalue weighted by Crippen LogP contribution is 2.28. The lowest BCUT2D eigenvalue weighted by Gasteiger charge is -2.24. The molecular formula is C16H24N4O2S. The van der Waals surface area contributed by atoms with Crippen LogP contribution in [0.15, 0.2) is 10.6 Å². The predicted molar refractivity (Wildman–Crippen MR) is 90.5 cm³/mol. The number of aromatic nitrogens is 2. The topological polar surface area (TPSA) is 71.3 Å². The summed E-state index contributed by atoms with van der Waals surface area (Å²) >= 11 is 1.67. The molecular weight excluding hydrogens is 312 g/mol. The summed E-state index contributed by atoms with van der Waals surface area (Å²) in [5.74, 6) is 0.665. The zero-order valence-electron chi connectivity index (χ0n) is 14.3. The number of aryl methyl sites for hydroxylation is 3. The number of carbonyl (C=O) groups excluding carboxylic acids is 1. The summed E-state index contributed by atoms with van der Waals surface area (Å²) in [6, 6.07) is 1.71. The largest absolute Gasteiger partial charge is 0.359 e. The van der Waals surface area contributed by atoms with Crippen LogP contribution in [0, 0.1) is 6.92 Å². The van der Waals surface area contributed by atoms with Crippen molar-refractivity contribution >= 4 is 17.4 Å². The van der Waals surface area contributed by atoms with Crippen LogP contribution in [-0.4, -0.2) is 28.1 Å². The van der Waals surface area contributed by atoms with Crippen molar-refractivity contribution < 1.29 is 9.32 Å². The molecule has 2 rings (SSSR count). The van der Waals surface area contributed by atoms with E-state index in [0.29, 0.717) is 12.3 Å². The Balaban J connectivity index is 1.96. The summed E-state index contributed by atoms with van der Waals surface area (Å²) in [6.07, 6.45) is 1.73. The number of carbonyl (C=O) groups is 1. The first-order valence-electron chi connectivity index (χ1n) is 7.87. The van der Waals surface area contributed by atoms with Crippen LogP contribution in [0.4, 0.5) is 4.79 Å². The van der Waals surface area contributed by atoms with Crippen molar-refractivity contribution in [3.63, 3.8) is 0 Å². The van der Waals surface area contributed by atoms with Crippen LogP contribution in [0.25, 0.3) is 0 Å². The molecule has 6 nitrogen and oxygen atoms in total. The molecule has 0 radical (unpaired) electrons. The molecule has 0 fully saturated rings. The summed E-state index contributed by atoms with van der Waals surface area (Å²) < 4.78 is 5.18. The second-order valence-electron chi connectivity index (χ2n) is 5.49. The molecule has 0 bridgehead atoms. The van der Waals surface area contributed by atoms with Crippen LogP contribution in [0.2, 0.25) is 0 Å². The monoisotopic (exact) mass is 336 g/mol. The smallest absolute Gasteiger partial charge is 0.318 e. The number of rotatable bonds is 6. The molecule has 1 N–H and O–H groups in total. The van der Waals surface area contributed by atoms with Crippen LogP contribution >= 0.6 is 11.3 Å². The Bertz CT molecular complexity index is 665. The Kier molecular flexibility index (Phi) is 5.76. The molecule has 0 saturated heterocycles. The zero-order valence-corrected chi connectivity index (χ0v) is 15.2. The van der Waals surface area contributed by atoms with Crippen molar-refractivity contribution in [3.05, 3.63) is 33.1 Å². The van der Waals surface area contributed by atoms with E-state index in [1.54, 1.807) is 23.3 Å². The van der Waals surface area contributed by atoms with Crippen molar-refractivity contribution in [2.24, 2.45) is 0 Å². The first-order valence-corrected chi connectivity index (χ1v) is 8.69. The summed E-state index contributed by atoms with van der Waals surface area (Å²) in [4.78, 5) is 19.7. The van der Waals surface area contributed by atoms with E-state index in [0.717, 1.165) is 34.1 Å². The lowest BCUT2D eigenvalue weighted by molar-refractivity contribution is 0.193. The zero-order chi connectivity index (χ0) is 17.0. The third-order valence-corrected chi connectivity index (χ3v) is 5.32. The van der Waals surface area contributed by atoms with E-state index in [1.807, 2.05) is 26.8 Å². The van der Waals surface area contributed by atoms with Crippen LogP contribution in [-0.2, 0) is 19.4 Å². The number of urea groups is 1. The van der Waals surface area contributed by atoms with E-state index in [9.17, 15) is 4.79 Å². The summed E-state index contributed by atoms with van der Waals surface area (Å²) in [6.45, 7) is 8.45. The molecule has 126 valence electrons. The first kappa shape index (κ1) is 17.5. The molecule has 0 aliphatic carbocycles. The van der Waals surface area contributed by atoms with E-state index in [-0.39, 0.29) is 12.1 Å². The van der Waals surface area contributed by atoms with Crippen molar-refractivity contribution in [1.82, 2.24) is 20.4 Å². The van der Waals surface area contributed by atoms with E-state index < -0.39 is 0 Å². The minimum Gasteiger partial charge on any atom is -0.359 e. The predicted octanol–water partition coefficient (Wildman–Crippen LogP) is 3.47. The molecule has 0 aliphatic heterocycles. The van der Waals surface area contributed by atoms with E-state index in [4.69, 9.17) is 4.52 Å². The molecule has 2 aromatic heterocycles. The Morgan fingerprint density at radius 1 is 1.43 bits per heavy atom. The summed E-state index contributed by atoms with van der Waals surface area (Å²) in [5, 5.41) is 7.89. The van der Waals surface area contributed by atoms with Crippen LogP contribution in [0.3, 0.4) is 0 Å². The SMILES string of the molecule is CCc1cc(CNC(=O)N(C)C(C)c2sc(CC)nc2C)on1. The standard InChI is InChI=1S/C16H24N4O2S/c1-6-12-8-13(22-19-12)9-17-16(21)20(5)11(4)15-10(3)18-14(7-2)23-15/h8,11H,6-7,9H2,1-5H3,(H,17,21). The van der Waals surface area contributed by atoms with Gasteiger partial charge < -0.3 is 14.7 Å². The molecule has 0 spiro atoms. The Morgan fingerprint density at radius 2 is 2.17 bits per heavy atom. The highest BCUT2D eigenvalue weighted by molar-refractivity contribution is 7.11. The van der Waals surface area contributed by atoms with E-state index in [1.165, 1.54) is 0 Å².